The van der Waals surface area contributed by atoms with E-state index in [1.807, 2.05) is 25.1 Å². The van der Waals surface area contributed by atoms with Gasteiger partial charge in [-0.15, -0.1) is 0 Å². The Morgan fingerprint density at radius 1 is 0.804 bits per heavy atom. The second kappa shape index (κ2) is 17.7. The highest BCUT2D eigenvalue weighted by atomic mass is 16.5. The first-order chi connectivity index (χ1) is 27.0. The molecule has 6 aliphatic carbocycles. The lowest BCUT2D eigenvalue weighted by atomic mass is 9.47. The molecule has 0 spiro atoms. The molecule has 0 radical (unpaired) electrons. The second-order valence-corrected chi connectivity index (χ2v) is 19.3. The third kappa shape index (κ3) is 8.63. The standard InChI is InChI=1S/C27H37NO3.C22H32O3/c29-26(25(22-7-3-1-4-8-22)23-9-5-2-6-10-23)28-17-15-21(16-18-28)19-20-11-13-24(14-12-20)27(30)31;1-4-20(24)25-19-8-7-17-16-6-5-14-13-15(23)9-11-21(14,2)18(16)10-12-22(17,19)3/h11-14,19,22-23,25H,1-10,15-18H2,(H,30,31);13,16-19H,4-12H2,1-3H3/t;16-,17-,18-,19-,21-,22-/m.0/s1. The number of rotatable bonds is 7. The number of aromatic carboxylic acids is 1. The molecule has 1 aliphatic heterocycles. The number of carboxylic acids is 1. The molecule has 7 aliphatic rings. The molecule has 7 nitrogen and oxygen atoms in total. The number of likely N-dealkylation sites (tertiary alicyclic amines) is 1. The maximum atomic E-state index is 13.7. The van der Waals surface area contributed by atoms with Crippen molar-refractivity contribution in [2.24, 2.45) is 46.3 Å². The van der Waals surface area contributed by atoms with Gasteiger partial charge in [0.15, 0.2) is 5.78 Å². The van der Waals surface area contributed by atoms with E-state index in [-0.39, 0.29) is 28.8 Å². The fraction of sp³-hybridized carbons (Fsp3) is 0.714. The van der Waals surface area contributed by atoms with Gasteiger partial charge in [-0.1, -0.05) is 88.7 Å². The van der Waals surface area contributed by atoms with Gasteiger partial charge >= 0.3 is 11.9 Å². The van der Waals surface area contributed by atoms with Gasteiger partial charge < -0.3 is 14.7 Å². The van der Waals surface area contributed by atoms with Crippen molar-refractivity contribution in [3.05, 3.63) is 52.6 Å². The topological polar surface area (TPSA) is 101 Å². The molecule has 0 unspecified atom stereocenters. The Balaban J connectivity index is 0.000000175. The molecule has 5 saturated carbocycles. The number of benzene rings is 1. The molecule has 0 bridgehead atoms. The number of carboxylic acid groups (broad SMARTS) is 1. The van der Waals surface area contributed by atoms with Crippen molar-refractivity contribution in [2.45, 2.75) is 162 Å². The summed E-state index contributed by atoms with van der Waals surface area (Å²) in [5, 5.41) is 9.06. The van der Waals surface area contributed by atoms with Crippen molar-refractivity contribution in [2.75, 3.05) is 13.1 Å². The average Bonchev–Trinajstić information content (AvgIpc) is 3.55. The second-order valence-electron chi connectivity index (χ2n) is 19.3. The van der Waals surface area contributed by atoms with Gasteiger partial charge in [-0.2, -0.15) is 0 Å². The summed E-state index contributed by atoms with van der Waals surface area (Å²) in [6, 6.07) is 7.06. The minimum absolute atomic E-state index is 0.0411. The number of piperidine rings is 1. The van der Waals surface area contributed by atoms with E-state index in [4.69, 9.17) is 9.84 Å². The summed E-state index contributed by atoms with van der Waals surface area (Å²) < 4.78 is 5.86. The minimum Gasteiger partial charge on any atom is -0.478 e. The van der Waals surface area contributed by atoms with Crippen molar-refractivity contribution in [3.8, 4) is 0 Å². The minimum atomic E-state index is -0.892. The zero-order valence-corrected chi connectivity index (χ0v) is 34.7. The number of ketones is 1. The number of hydrogen-bond donors (Lipinski definition) is 1. The summed E-state index contributed by atoms with van der Waals surface area (Å²) in [5.74, 6) is 3.44. The lowest BCUT2D eigenvalue weighted by Crippen LogP contribution is -2.51. The summed E-state index contributed by atoms with van der Waals surface area (Å²) in [5.41, 5.74) is 4.55. The first-order valence-electron chi connectivity index (χ1n) is 22.7. The number of fused-ring (bicyclic) bond motifs is 5. The lowest BCUT2D eigenvalue weighted by Gasteiger charge is -2.57. The molecule has 306 valence electrons. The van der Waals surface area contributed by atoms with E-state index < -0.39 is 5.97 Å². The summed E-state index contributed by atoms with van der Waals surface area (Å²) in [7, 11) is 0. The molecule has 1 heterocycles. The molecule has 1 N–H and O–H groups in total. The van der Waals surface area contributed by atoms with Crippen LogP contribution in [0.25, 0.3) is 6.08 Å². The third-order valence-corrected chi connectivity index (χ3v) is 16.3. The average molecular weight is 768 g/mol. The molecule has 1 aromatic rings. The van der Waals surface area contributed by atoms with Gasteiger partial charge in [-0.25, -0.2) is 4.79 Å². The van der Waals surface area contributed by atoms with Crippen LogP contribution in [0.15, 0.2) is 41.5 Å². The largest absolute Gasteiger partial charge is 0.478 e. The van der Waals surface area contributed by atoms with Crippen molar-refractivity contribution in [3.63, 3.8) is 0 Å². The van der Waals surface area contributed by atoms with Gasteiger partial charge in [0.1, 0.15) is 6.10 Å². The highest BCUT2D eigenvalue weighted by Gasteiger charge is 2.60. The molecule has 56 heavy (non-hydrogen) atoms. The Morgan fingerprint density at radius 2 is 1.45 bits per heavy atom. The monoisotopic (exact) mass is 768 g/mol. The molecule has 1 saturated heterocycles. The van der Waals surface area contributed by atoms with E-state index in [1.54, 1.807) is 12.1 Å². The predicted octanol–water partition coefficient (Wildman–Crippen LogP) is 11.0. The normalized spacial score (nSPS) is 32.3. The Labute approximate surface area is 336 Å². The molecule has 0 aromatic heterocycles. The van der Waals surface area contributed by atoms with E-state index in [0.29, 0.717) is 47.3 Å². The van der Waals surface area contributed by atoms with Crippen LogP contribution in [0.4, 0.5) is 0 Å². The number of allylic oxidation sites excluding steroid dienone is 1. The Hall–Kier alpha value is -3.22. The predicted molar refractivity (Wildman–Crippen MR) is 221 cm³/mol. The first kappa shape index (κ1) is 41.0. The Kier molecular flexibility index (Phi) is 13.0. The molecule has 1 aromatic carbocycles. The number of amides is 1. The number of ether oxygens (including phenoxy) is 1. The highest BCUT2D eigenvalue weighted by Crippen LogP contribution is 2.65. The van der Waals surface area contributed by atoms with E-state index in [9.17, 15) is 19.2 Å². The van der Waals surface area contributed by atoms with Gasteiger partial charge in [0, 0.05) is 37.3 Å². The number of esters is 1. The van der Waals surface area contributed by atoms with Crippen molar-refractivity contribution < 1.29 is 29.0 Å². The van der Waals surface area contributed by atoms with E-state index >= 15 is 0 Å². The van der Waals surface area contributed by atoms with Gasteiger partial charge in [-0.3, -0.25) is 14.4 Å². The molecular formula is C49H69NO6. The summed E-state index contributed by atoms with van der Waals surface area (Å²) in [6.07, 6.45) is 28.2. The lowest BCUT2D eigenvalue weighted by molar-refractivity contribution is -0.159. The van der Waals surface area contributed by atoms with Crippen LogP contribution < -0.4 is 0 Å². The van der Waals surface area contributed by atoms with Crippen LogP contribution in [0.2, 0.25) is 0 Å². The fourth-order valence-corrected chi connectivity index (χ4v) is 13.0. The molecule has 6 fully saturated rings. The molecule has 6 atom stereocenters. The Bertz CT molecular complexity index is 1620. The van der Waals surface area contributed by atoms with Gasteiger partial charge in [0.05, 0.1) is 5.56 Å². The molecule has 8 rings (SSSR count). The zero-order chi connectivity index (χ0) is 39.5. The van der Waals surface area contributed by atoms with Crippen LogP contribution >= 0.6 is 0 Å². The maximum Gasteiger partial charge on any atom is 0.335 e. The fourth-order valence-electron chi connectivity index (χ4n) is 13.0. The number of carbonyl (C=O) groups is 4. The first-order valence-corrected chi connectivity index (χ1v) is 22.7. The van der Waals surface area contributed by atoms with E-state index in [0.717, 1.165) is 69.5 Å². The van der Waals surface area contributed by atoms with Gasteiger partial charge in [-0.05, 0) is 142 Å². The van der Waals surface area contributed by atoms with Gasteiger partial charge in [0.2, 0.25) is 5.91 Å². The van der Waals surface area contributed by atoms with Crippen LogP contribution in [0.1, 0.15) is 172 Å². The van der Waals surface area contributed by atoms with Crippen LogP contribution in [0.3, 0.4) is 0 Å². The Morgan fingerprint density at radius 3 is 2.05 bits per heavy atom. The summed E-state index contributed by atoms with van der Waals surface area (Å²) in [4.78, 5) is 50.7. The van der Waals surface area contributed by atoms with Crippen LogP contribution in [0, 0.1) is 46.3 Å². The van der Waals surface area contributed by atoms with Crippen molar-refractivity contribution >= 4 is 29.7 Å². The number of hydrogen-bond acceptors (Lipinski definition) is 5. The van der Waals surface area contributed by atoms with Crippen molar-refractivity contribution in [1.29, 1.82) is 0 Å². The quantitative estimate of drug-likeness (QED) is 0.277. The summed E-state index contributed by atoms with van der Waals surface area (Å²) >= 11 is 0. The van der Waals surface area contributed by atoms with Crippen LogP contribution in [-0.4, -0.2) is 52.8 Å². The SMILES string of the molecule is CCC(=O)O[C@H]1CC[C@H]2[C@@H]3CCC4=CC(=O)CC[C@]4(C)[C@H]3CC[C@]12C.O=C(O)c1ccc(C=C2CCN(C(=O)C(C3CCCCC3)C3CCCCC3)CC2)cc1. The van der Waals surface area contributed by atoms with Crippen molar-refractivity contribution in [1.82, 2.24) is 4.90 Å². The zero-order valence-electron chi connectivity index (χ0n) is 34.7. The van der Waals surface area contributed by atoms with Gasteiger partial charge in [0.25, 0.3) is 0 Å². The molecule has 1 amide bonds. The third-order valence-electron chi connectivity index (χ3n) is 16.3. The van der Waals surface area contributed by atoms with Crippen LogP contribution in [-0.2, 0) is 19.1 Å². The molecule has 7 heteroatoms. The molecular weight excluding hydrogens is 699 g/mol. The van der Waals surface area contributed by atoms with E-state index in [2.05, 4.69) is 24.8 Å². The smallest absolute Gasteiger partial charge is 0.335 e. The van der Waals surface area contributed by atoms with Crippen LogP contribution in [0.5, 0.6) is 0 Å². The number of nitrogens with zero attached hydrogens (tertiary/aromatic N) is 1. The summed E-state index contributed by atoms with van der Waals surface area (Å²) in [6.45, 7) is 8.34. The highest BCUT2D eigenvalue weighted by molar-refractivity contribution is 5.91. The number of carbonyl (C=O) groups excluding carboxylic acids is 3. The maximum absolute atomic E-state index is 13.7. The van der Waals surface area contributed by atoms with E-state index in [1.165, 1.54) is 94.6 Å².